The number of aromatic nitrogens is 4. The number of nitrogen functional groups attached to an aromatic ring is 1. The van der Waals surface area contributed by atoms with Crippen molar-refractivity contribution in [1.82, 2.24) is 19.9 Å². The topological polar surface area (TPSA) is 110 Å². The predicted molar refractivity (Wildman–Crippen MR) is 89.0 cm³/mol. The van der Waals surface area contributed by atoms with E-state index in [9.17, 15) is 5.11 Å². The highest BCUT2D eigenvalue weighted by molar-refractivity contribution is 5.81. The number of fused-ring (bicyclic) bond motifs is 1. The zero-order valence-electron chi connectivity index (χ0n) is 13.1. The minimum atomic E-state index is -0.476. The third-order valence-corrected chi connectivity index (χ3v) is 4.58. The number of aliphatic hydroxyl groups is 1. The molecule has 1 aliphatic carbocycles. The SMILES string of the molecule is Nc1ncnc2nc([C@H]3C[C@@H](COCc4ccccc4)[C@@H]3O)[nH]c12. The first-order chi connectivity index (χ1) is 11.7. The number of H-pyrrole nitrogens is 1. The van der Waals surface area contributed by atoms with Gasteiger partial charge in [0.15, 0.2) is 11.5 Å². The van der Waals surface area contributed by atoms with Crippen molar-refractivity contribution in [3.05, 3.63) is 48.0 Å². The number of nitrogens with one attached hydrogen (secondary N) is 1. The van der Waals surface area contributed by atoms with Gasteiger partial charge in [-0.25, -0.2) is 15.0 Å². The van der Waals surface area contributed by atoms with Gasteiger partial charge in [0.25, 0.3) is 0 Å². The van der Waals surface area contributed by atoms with Gasteiger partial charge >= 0.3 is 0 Å². The maximum atomic E-state index is 10.4. The molecule has 0 spiro atoms. The van der Waals surface area contributed by atoms with Gasteiger partial charge in [0.2, 0.25) is 0 Å². The molecule has 4 rings (SSSR count). The Morgan fingerprint density at radius 3 is 2.83 bits per heavy atom. The molecule has 2 heterocycles. The number of hydrogen-bond acceptors (Lipinski definition) is 6. The molecule has 0 radical (unpaired) electrons. The normalized spacial score (nSPS) is 23.3. The van der Waals surface area contributed by atoms with E-state index in [1.807, 2.05) is 30.3 Å². The lowest BCUT2D eigenvalue weighted by Crippen LogP contribution is -2.43. The molecule has 7 nitrogen and oxygen atoms in total. The number of anilines is 1. The molecular formula is C17H19N5O2. The van der Waals surface area contributed by atoms with Crippen molar-refractivity contribution in [3.8, 4) is 0 Å². The summed E-state index contributed by atoms with van der Waals surface area (Å²) >= 11 is 0. The van der Waals surface area contributed by atoms with Crippen LogP contribution >= 0.6 is 0 Å². The Morgan fingerprint density at radius 2 is 2.08 bits per heavy atom. The fourth-order valence-electron chi connectivity index (χ4n) is 3.12. The third-order valence-electron chi connectivity index (χ3n) is 4.58. The number of rotatable bonds is 5. The van der Waals surface area contributed by atoms with Crippen LogP contribution in [0.5, 0.6) is 0 Å². The van der Waals surface area contributed by atoms with Crippen LogP contribution in [0.3, 0.4) is 0 Å². The van der Waals surface area contributed by atoms with Crippen LogP contribution < -0.4 is 5.73 Å². The van der Waals surface area contributed by atoms with Gasteiger partial charge in [0.05, 0.1) is 19.3 Å². The fraction of sp³-hybridized carbons (Fsp3) is 0.353. The summed E-state index contributed by atoms with van der Waals surface area (Å²) in [5.41, 5.74) is 8.10. The highest BCUT2D eigenvalue weighted by atomic mass is 16.5. The second kappa shape index (κ2) is 6.18. The number of nitrogens with zero attached hydrogens (tertiary/aromatic N) is 3. The second-order valence-electron chi connectivity index (χ2n) is 6.17. The molecule has 0 saturated heterocycles. The van der Waals surface area contributed by atoms with E-state index in [4.69, 9.17) is 10.5 Å². The van der Waals surface area contributed by atoms with Crippen molar-refractivity contribution >= 4 is 17.0 Å². The van der Waals surface area contributed by atoms with E-state index in [0.717, 1.165) is 12.0 Å². The number of imidazole rings is 1. The average Bonchev–Trinajstić information content (AvgIpc) is 3.02. The quantitative estimate of drug-likeness (QED) is 0.657. The summed E-state index contributed by atoms with van der Waals surface area (Å²) in [5, 5.41) is 10.4. The van der Waals surface area contributed by atoms with Crippen LogP contribution in [0.25, 0.3) is 11.2 Å². The molecule has 1 aliphatic rings. The summed E-state index contributed by atoms with van der Waals surface area (Å²) in [6, 6.07) is 10.0. The van der Waals surface area contributed by atoms with Gasteiger partial charge in [-0.3, -0.25) is 0 Å². The summed E-state index contributed by atoms with van der Waals surface area (Å²) in [5.74, 6) is 1.17. The number of hydrogen-bond donors (Lipinski definition) is 3. The lowest BCUT2D eigenvalue weighted by Gasteiger charge is -2.39. The van der Waals surface area contributed by atoms with Crippen molar-refractivity contribution in [2.75, 3.05) is 12.3 Å². The largest absolute Gasteiger partial charge is 0.392 e. The zero-order chi connectivity index (χ0) is 16.5. The van der Waals surface area contributed by atoms with Crippen LogP contribution in [-0.2, 0) is 11.3 Å². The Hall–Kier alpha value is -2.51. The van der Waals surface area contributed by atoms with Gasteiger partial charge in [-0.05, 0) is 12.0 Å². The molecule has 1 fully saturated rings. The van der Waals surface area contributed by atoms with Crippen LogP contribution in [0.2, 0.25) is 0 Å². The molecule has 1 saturated carbocycles. The lowest BCUT2D eigenvalue weighted by molar-refractivity contribution is -0.0555. The van der Waals surface area contributed by atoms with E-state index in [2.05, 4.69) is 19.9 Å². The Labute approximate surface area is 138 Å². The number of aromatic amines is 1. The van der Waals surface area contributed by atoms with Crippen LogP contribution in [-0.4, -0.2) is 37.8 Å². The third kappa shape index (κ3) is 2.72. The summed E-state index contributed by atoms with van der Waals surface area (Å²) < 4.78 is 5.72. The maximum absolute atomic E-state index is 10.4. The molecular weight excluding hydrogens is 306 g/mol. The minimum Gasteiger partial charge on any atom is -0.392 e. The summed E-state index contributed by atoms with van der Waals surface area (Å²) in [6.07, 6.45) is 1.73. The Balaban J connectivity index is 1.35. The maximum Gasteiger partial charge on any atom is 0.183 e. The summed E-state index contributed by atoms with van der Waals surface area (Å²) in [6.45, 7) is 1.10. The van der Waals surface area contributed by atoms with Crippen molar-refractivity contribution in [3.63, 3.8) is 0 Å². The molecule has 24 heavy (non-hydrogen) atoms. The van der Waals surface area contributed by atoms with E-state index in [0.29, 0.717) is 36.0 Å². The van der Waals surface area contributed by atoms with Gasteiger partial charge in [-0.2, -0.15) is 0 Å². The lowest BCUT2D eigenvalue weighted by atomic mass is 9.72. The summed E-state index contributed by atoms with van der Waals surface area (Å²) in [7, 11) is 0. The van der Waals surface area contributed by atoms with E-state index in [1.54, 1.807) is 0 Å². The number of aliphatic hydroxyl groups excluding tert-OH is 1. The van der Waals surface area contributed by atoms with E-state index >= 15 is 0 Å². The van der Waals surface area contributed by atoms with Crippen molar-refractivity contribution in [2.24, 2.45) is 5.92 Å². The Bertz CT molecular complexity index is 835. The van der Waals surface area contributed by atoms with E-state index in [-0.39, 0.29) is 11.8 Å². The standard InChI is InChI=1S/C17H19N5O2/c18-15-13-17(20-9-19-15)22-16(21-13)12-6-11(14(12)23)8-24-7-10-4-2-1-3-5-10/h1-5,9,11-12,14,23H,6-8H2,(H3,18,19,20,21,22)/t11-,12-,14-/m0/s1. The highest BCUT2D eigenvalue weighted by Crippen LogP contribution is 2.41. The molecule has 0 amide bonds. The van der Waals surface area contributed by atoms with Gasteiger partial charge in [0, 0.05) is 11.8 Å². The first-order valence-electron chi connectivity index (χ1n) is 7.98. The smallest absolute Gasteiger partial charge is 0.183 e. The molecule has 124 valence electrons. The molecule has 1 aromatic carbocycles. The molecule has 0 unspecified atom stereocenters. The summed E-state index contributed by atoms with van der Waals surface area (Å²) in [4.78, 5) is 15.6. The van der Waals surface area contributed by atoms with Crippen molar-refractivity contribution in [2.45, 2.75) is 25.0 Å². The number of nitrogens with two attached hydrogens (primary N) is 1. The van der Waals surface area contributed by atoms with Crippen molar-refractivity contribution < 1.29 is 9.84 Å². The van der Waals surface area contributed by atoms with Crippen LogP contribution in [0, 0.1) is 5.92 Å². The molecule has 2 aromatic heterocycles. The van der Waals surface area contributed by atoms with Crippen LogP contribution in [0.4, 0.5) is 5.82 Å². The monoisotopic (exact) mass is 325 g/mol. The highest BCUT2D eigenvalue weighted by Gasteiger charge is 2.42. The number of ether oxygens (including phenoxy) is 1. The molecule has 3 aromatic rings. The van der Waals surface area contributed by atoms with Gasteiger partial charge in [-0.1, -0.05) is 30.3 Å². The zero-order valence-corrected chi connectivity index (χ0v) is 13.1. The fourth-order valence-corrected chi connectivity index (χ4v) is 3.12. The molecule has 0 bridgehead atoms. The predicted octanol–water partition coefficient (Wildman–Crippen LogP) is 1.62. The van der Waals surface area contributed by atoms with E-state index < -0.39 is 6.10 Å². The minimum absolute atomic E-state index is 0.0380. The van der Waals surface area contributed by atoms with Gasteiger partial charge in [-0.15, -0.1) is 0 Å². The van der Waals surface area contributed by atoms with Crippen molar-refractivity contribution in [1.29, 1.82) is 0 Å². The molecule has 4 N–H and O–H groups in total. The molecule has 0 aliphatic heterocycles. The Kier molecular flexibility index (Phi) is 3.87. The van der Waals surface area contributed by atoms with Gasteiger partial charge in [0.1, 0.15) is 17.7 Å². The first-order valence-corrected chi connectivity index (χ1v) is 7.98. The molecule has 3 atom stereocenters. The first kappa shape index (κ1) is 15.0. The van der Waals surface area contributed by atoms with Gasteiger partial charge < -0.3 is 20.6 Å². The Morgan fingerprint density at radius 1 is 1.25 bits per heavy atom. The molecule has 7 heteroatoms. The average molecular weight is 325 g/mol. The second-order valence-corrected chi connectivity index (χ2v) is 6.17. The number of benzene rings is 1. The van der Waals surface area contributed by atoms with Crippen LogP contribution in [0.1, 0.15) is 23.7 Å². The van der Waals surface area contributed by atoms with E-state index in [1.165, 1.54) is 6.33 Å². The van der Waals surface area contributed by atoms with Crippen LogP contribution in [0.15, 0.2) is 36.7 Å².